The van der Waals surface area contributed by atoms with Crippen molar-refractivity contribution in [3.63, 3.8) is 0 Å². The van der Waals surface area contributed by atoms with Crippen LogP contribution in [0.2, 0.25) is 0 Å². The lowest BCUT2D eigenvalue weighted by atomic mass is 9.98. The second kappa shape index (κ2) is 8.06. The normalized spacial score (nSPS) is 13.8. The van der Waals surface area contributed by atoms with Crippen LogP contribution >= 0.6 is 0 Å². The standard InChI is InChI=1S/C15H18O6/c1-2-21-11-8-6-10(7-9-11)4-3-5-12(14(17)18)13(16)15(19)20/h3-4,6-9,12-13,16H,2,5H2,1H3,(H,17,18)(H,19,20)/t12-,13+/m1/s1. The van der Waals surface area contributed by atoms with E-state index in [0.717, 1.165) is 11.3 Å². The van der Waals surface area contributed by atoms with Crippen molar-refractivity contribution in [3.05, 3.63) is 35.9 Å². The highest BCUT2D eigenvalue weighted by Gasteiger charge is 2.30. The topological polar surface area (TPSA) is 104 Å². The molecule has 0 bridgehead atoms. The number of hydrogen-bond donors (Lipinski definition) is 3. The highest BCUT2D eigenvalue weighted by molar-refractivity contribution is 5.81. The molecular weight excluding hydrogens is 276 g/mol. The summed E-state index contributed by atoms with van der Waals surface area (Å²) in [5, 5.41) is 26.9. The summed E-state index contributed by atoms with van der Waals surface area (Å²) in [6, 6.07) is 7.16. The average Bonchev–Trinajstić information content (AvgIpc) is 2.44. The highest BCUT2D eigenvalue weighted by Crippen LogP contribution is 2.15. The van der Waals surface area contributed by atoms with Gasteiger partial charge in [0.1, 0.15) is 5.75 Å². The van der Waals surface area contributed by atoms with E-state index in [-0.39, 0.29) is 6.42 Å². The Labute approximate surface area is 122 Å². The number of aliphatic hydroxyl groups is 1. The van der Waals surface area contributed by atoms with Crippen LogP contribution < -0.4 is 4.74 Å². The Morgan fingerprint density at radius 1 is 1.19 bits per heavy atom. The minimum atomic E-state index is -1.92. The van der Waals surface area contributed by atoms with Crippen molar-refractivity contribution in [2.75, 3.05) is 6.61 Å². The van der Waals surface area contributed by atoms with Crippen molar-refractivity contribution < 1.29 is 29.6 Å². The third-order valence-corrected chi connectivity index (χ3v) is 2.84. The van der Waals surface area contributed by atoms with Gasteiger partial charge in [-0.15, -0.1) is 0 Å². The van der Waals surface area contributed by atoms with Gasteiger partial charge in [-0.2, -0.15) is 0 Å². The van der Waals surface area contributed by atoms with Crippen LogP contribution in [0.15, 0.2) is 30.3 Å². The first-order valence-corrected chi connectivity index (χ1v) is 6.48. The van der Waals surface area contributed by atoms with Crippen LogP contribution in [0.5, 0.6) is 5.75 Å². The predicted molar refractivity (Wildman–Crippen MR) is 76.0 cm³/mol. The van der Waals surface area contributed by atoms with E-state index in [0.29, 0.717) is 6.61 Å². The quantitative estimate of drug-likeness (QED) is 0.673. The Hall–Kier alpha value is -2.34. The minimum Gasteiger partial charge on any atom is -0.494 e. The fourth-order valence-corrected chi connectivity index (χ4v) is 1.73. The molecule has 0 spiro atoms. The van der Waals surface area contributed by atoms with Crippen molar-refractivity contribution in [3.8, 4) is 5.75 Å². The van der Waals surface area contributed by atoms with Gasteiger partial charge in [-0.05, 0) is 31.0 Å². The third-order valence-electron chi connectivity index (χ3n) is 2.84. The van der Waals surface area contributed by atoms with Crippen LogP contribution in [0.3, 0.4) is 0 Å². The Bertz CT molecular complexity index is 505. The molecule has 2 atom stereocenters. The lowest BCUT2D eigenvalue weighted by Crippen LogP contribution is -2.34. The van der Waals surface area contributed by atoms with E-state index in [1.54, 1.807) is 30.3 Å². The maximum atomic E-state index is 10.9. The molecule has 0 aliphatic heterocycles. The lowest BCUT2D eigenvalue weighted by molar-refractivity contribution is -0.159. The van der Waals surface area contributed by atoms with Crippen LogP contribution in [-0.4, -0.2) is 40.0 Å². The Morgan fingerprint density at radius 3 is 2.29 bits per heavy atom. The van der Waals surface area contributed by atoms with Gasteiger partial charge in [-0.3, -0.25) is 4.79 Å². The number of rotatable bonds is 8. The summed E-state index contributed by atoms with van der Waals surface area (Å²) in [6.07, 6.45) is 1.20. The molecule has 6 heteroatoms. The molecule has 0 aromatic heterocycles. The number of benzene rings is 1. The molecule has 0 saturated heterocycles. The fourth-order valence-electron chi connectivity index (χ4n) is 1.73. The summed E-state index contributed by atoms with van der Waals surface area (Å²) in [5.74, 6) is -3.53. The molecule has 0 heterocycles. The SMILES string of the molecule is CCOc1ccc(C=CC[C@@H](C(=O)O)[C@H](O)C(=O)O)cc1. The lowest BCUT2D eigenvalue weighted by Gasteiger charge is -2.13. The second-order valence-electron chi connectivity index (χ2n) is 4.37. The molecule has 0 radical (unpaired) electrons. The molecule has 3 N–H and O–H groups in total. The molecule has 1 aromatic carbocycles. The van der Waals surface area contributed by atoms with Gasteiger partial charge in [0, 0.05) is 0 Å². The highest BCUT2D eigenvalue weighted by atomic mass is 16.5. The van der Waals surface area contributed by atoms with Crippen molar-refractivity contribution in [2.45, 2.75) is 19.4 Å². The van der Waals surface area contributed by atoms with Gasteiger partial charge in [0.25, 0.3) is 0 Å². The van der Waals surface area contributed by atoms with Crippen LogP contribution in [0, 0.1) is 5.92 Å². The molecule has 0 amide bonds. The van der Waals surface area contributed by atoms with Crippen molar-refractivity contribution in [1.82, 2.24) is 0 Å². The Kier molecular flexibility index (Phi) is 6.42. The van der Waals surface area contributed by atoms with E-state index in [1.807, 2.05) is 6.92 Å². The molecule has 114 valence electrons. The van der Waals surface area contributed by atoms with Gasteiger partial charge in [0.15, 0.2) is 6.10 Å². The van der Waals surface area contributed by atoms with Gasteiger partial charge in [-0.25, -0.2) is 4.79 Å². The van der Waals surface area contributed by atoms with E-state index in [9.17, 15) is 14.7 Å². The molecule has 21 heavy (non-hydrogen) atoms. The zero-order valence-electron chi connectivity index (χ0n) is 11.6. The largest absolute Gasteiger partial charge is 0.494 e. The summed E-state index contributed by atoms with van der Waals surface area (Å²) >= 11 is 0. The predicted octanol–water partition coefficient (Wildman–Crippen LogP) is 1.63. The number of carboxylic acid groups (broad SMARTS) is 2. The number of ether oxygens (including phenoxy) is 1. The molecule has 6 nitrogen and oxygen atoms in total. The second-order valence-corrected chi connectivity index (χ2v) is 4.37. The number of aliphatic carboxylic acids is 2. The maximum absolute atomic E-state index is 10.9. The first-order valence-electron chi connectivity index (χ1n) is 6.48. The van der Waals surface area contributed by atoms with Crippen LogP contribution in [0.25, 0.3) is 6.08 Å². The van der Waals surface area contributed by atoms with E-state index in [2.05, 4.69) is 0 Å². The van der Waals surface area contributed by atoms with E-state index < -0.39 is 24.0 Å². The molecular formula is C15H18O6. The number of allylic oxidation sites excluding steroid dienone is 1. The maximum Gasteiger partial charge on any atom is 0.333 e. The van der Waals surface area contributed by atoms with Crippen molar-refractivity contribution >= 4 is 18.0 Å². The Morgan fingerprint density at radius 2 is 1.81 bits per heavy atom. The van der Waals surface area contributed by atoms with E-state index >= 15 is 0 Å². The van der Waals surface area contributed by atoms with Crippen LogP contribution in [0.1, 0.15) is 18.9 Å². The first kappa shape index (κ1) is 16.7. The van der Waals surface area contributed by atoms with E-state index in [4.69, 9.17) is 14.9 Å². The molecule has 0 fully saturated rings. The van der Waals surface area contributed by atoms with Crippen LogP contribution in [0.4, 0.5) is 0 Å². The van der Waals surface area contributed by atoms with Gasteiger partial charge in [-0.1, -0.05) is 24.3 Å². The summed E-state index contributed by atoms with van der Waals surface area (Å²) < 4.78 is 5.29. The number of hydrogen-bond acceptors (Lipinski definition) is 4. The van der Waals surface area contributed by atoms with Crippen LogP contribution in [-0.2, 0) is 9.59 Å². The molecule has 0 saturated carbocycles. The summed E-state index contributed by atoms with van der Waals surface area (Å²) in [4.78, 5) is 21.6. The van der Waals surface area contributed by atoms with Crippen molar-refractivity contribution in [2.24, 2.45) is 5.92 Å². The van der Waals surface area contributed by atoms with Gasteiger partial charge >= 0.3 is 11.9 Å². The van der Waals surface area contributed by atoms with Gasteiger partial charge in [0.05, 0.1) is 12.5 Å². The summed E-state index contributed by atoms with van der Waals surface area (Å²) in [7, 11) is 0. The third kappa shape index (κ3) is 5.27. The molecule has 1 rings (SSSR count). The Balaban J connectivity index is 2.66. The van der Waals surface area contributed by atoms with Crippen molar-refractivity contribution in [1.29, 1.82) is 0 Å². The average molecular weight is 294 g/mol. The van der Waals surface area contributed by atoms with Gasteiger partial charge in [0.2, 0.25) is 0 Å². The number of aliphatic hydroxyl groups excluding tert-OH is 1. The molecule has 0 unspecified atom stereocenters. The first-order chi connectivity index (χ1) is 9.95. The number of carboxylic acids is 2. The molecule has 0 aliphatic carbocycles. The zero-order chi connectivity index (χ0) is 15.8. The summed E-state index contributed by atoms with van der Waals surface area (Å²) in [6.45, 7) is 2.45. The fraction of sp³-hybridized carbons (Fsp3) is 0.333. The minimum absolute atomic E-state index is 0.0734. The smallest absolute Gasteiger partial charge is 0.333 e. The molecule has 0 aliphatic rings. The van der Waals surface area contributed by atoms with E-state index in [1.165, 1.54) is 6.08 Å². The number of carbonyl (C=O) groups is 2. The molecule has 1 aromatic rings. The monoisotopic (exact) mass is 294 g/mol. The summed E-state index contributed by atoms with van der Waals surface area (Å²) in [5.41, 5.74) is 0.826. The van der Waals surface area contributed by atoms with Gasteiger partial charge < -0.3 is 20.1 Å². The zero-order valence-corrected chi connectivity index (χ0v) is 11.6.